The molecule has 0 aliphatic carbocycles. The van der Waals surface area contributed by atoms with Crippen LogP contribution in [-0.4, -0.2) is 37.4 Å². The average molecular weight is 203 g/mol. The third-order valence-corrected chi connectivity index (χ3v) is 2.09. The van der Waals surface area contributed by atoms with E-state index in [1.165, 1.54) is 7.11 Å². The summed E-state index contributed by atoms with van der Waals surface area (Å²) in [6.45, 7) is 2.88. The van der Waals surface area contributed by atoms with Crippen molar-refractivity contribution in [1.29, 1.82) is 0 Å². The van der Waals surface area contributed by atoms with E-state index in [0.717, 1.165) is 32.2 Å². The molecule has 0 heterocycles. The quantitative estimate of drug-likeness (QED) is 0.450. The Balaban J connectivity index is 3.23. The molecule has 0 aromatic heterocycles. The van der Waals surface area contributed by atoms with Gasteiger partial charge in [-0.05, 0) is 26.3 Å². The molecule has 0 spiro atoms. The van der Waals surface area contributed by atoms with Gasteiger partial charge < -0.3 is 15.2 Å². The highest BCUT2D eigenvalue weighted by atomic mass is 16.5. The standard InChI is InChI=1S/C10H21NO3/c1-9(10(13)14-2)11-7-5-3-4-6-8-12/h9,11-12H,3-8H2,1-2H3. The number of carbonyl (C=O) groups excluding carboxylic acids is 1. The van der Waals surface area contributed by atoms with Gasteiger partial charge in [0, 0.05) is 6.61 Å². The van der Waals surface area contributed by atoms with Gasteiger partial charge >= 0.3 is 5.97 Å². The summed E-state index contributed by atoms with van der Waals surface area (Å²) >= 11 is 0. The lowest BCUT2D eigenvalue weighted by atomic mass is 10.2. The minimum Gasteiger partial charge on any atom is -0.468 e. The van der Waals surface area contributed by atoms with Crippen LogP contribution < -0.4 is 5.32 Å². The number of methoxy groups -OCH3 is 1. The van der Waals surface area contributed by atoms with Gasteiger partial charge in [-0.15, -0.1) is 0 Å². The van der Waals surface area contributed by atoms with Crippen molar-refractivity contribution in [2.24, 2.45) is 0 Å². The molecule has 4 heteroatoms. The molecule has 84 valence electrons. The Hall–Kier alpha value is -0.610. The Labute approximate surface area is 85.6 Å². The van der Waals surface area contributed by atoms with E-state index in [1.807, 2.05) is 0 Å². The average Bonchev–Trinajstić information content (AvgIpc) is 2.21. The summed E-state index contributed by atoms with van der Waals surface area (Å²) in [6, 6.07) is -0.224. The van der Waals surface area contributed by atoms with Crippen molar-refractivity contribution in [2.75, 3.05) is 20.3 Å². The first kappa shape index (κ1) is 13.4. The van der Waals surface area contributed by atoms with E-state index in [2.05, 4.69) is 10.1 Å². The maximum atomic E-state index is 11.0. The molecular formula is C10H21NO3. The Bertz CT molecular complexity index is 150. The number of aliphatic hydroxyl groups is 1. The number of esters is 1. The number of nitrogens with one attached hydrogen (secondary N) is 1. The summed E-state index contributed by atoms with van der Waals surface area (Å²) in [6.07, 6.45) is 4.03. The molecule has 0 aromatic carbocycles. The van der Waals surface area contributed by atoms with E-state index >= 15 is 0 Å². The minimum atomic E-state index is -0.224. The van der Waals surface area contributed by atoms with Crippen molar-refractivity contribution < 1.29 is 14.6 Å². The summed E-state index contributed by atoms with van der Waals surface area (Å²) in [5.74, 6) is -0.222. The van der Waals surface area contributed by atoms with Crippen LogP contribution in [0, 0.1) is 0 Å². The molecule has 0 fully saturated rings. The Morgan fingerprint density at radius 2 is 2.00 bits per heavy atom. The van der Waals surface area contributed by atoms with Gasteiger partial charge in [0.2, 0.25) is 0 Å². The third kappa shape index (κ3) is 6.86. The first-order valence-electron chi connectivity index (χ1n) is 5.14. The molecule has 0 aliphatic heterocycles. The number of aliphatic hydroxyl groups excluding tert-OH is 1. The molecule has 0 aromatic rings. The topological polar surface area (TPSA) is 58.6 Å². The summed E-state index contributed by atoms with van der Waals surface area (Å²) in [5.41, 5.74) is 0. The second kappa shape index (κ2) is 8.97. The van der Waals surface area contributed by atoms with Gasteiger partial charge in [-0.3, -0.25) is 4.79 Å². The molecule has 0 radical (unpaired) electrons. The number of hydrogen-bond donors (Lipinski definition) is 2. The SMILES string of the molecule is COC(=O)C(C)NCCCCCCO. The van der Waals surface area contributed by atoms with Crippen molar-refractivity contribution in [2.45, 2.75) is 38.6 Å². The molecule has 0 amide bonds. The largest absolute Gasteiger partial charge is 0.468 e. The molecule has 1 atom stereocenters. The van der Waals surface area contributed by atoms with Crippen molar-refractivity contribution >= 4 is 5.97 Å². The lowest BCUT2D eigenvalue weighted by Crippen LogP contribution is -2.35. The van der Waals surface area contributed by atoms with Gasteiger partial charge in [0.1, 0.15) is 6.04 Å². The van der Waals surface area contributed by atoms with Gasteiger partial charge in [0.05, 0.1) is 7.11 Å². The van der Waals surface area contributed by atoms with Gasteiger partial charge in [-0.25, -0.2) is 0 Å². The Kier molecular flexibility index (Phi) is 8.57. The highest BCUT2D eigenvalue weighted by molar-refractivity contribution is 5.74. The van der Waals surface area contributed by atoms with E-state index in [1.54, 1.807) is 6.92 Å². The highest BCUT2D eigenvalue weighted by Gasteiger charge is 2.10. The van der Waals surface area contributed by atoms with E-state index < -0.39 is 0 Å². The molecule has 2 N–H and O–H groups in total. The summed E-state index contributed by atoms with van der Waals surface area (Å²) in [7, 11) is 1.39. The number of hydrogen-bond acceptors (Lipinski definition) is 4. The van der Waals surface area contributed by atoms with Crippen molar-refractivity contribution in [3.63, 3.8) is 0 Å². The van der Waals surface area contributed by atoms with Crippen molar-refractivity contribution in [3.8, 4) is 0 Å². The fraction of sp³-hybridized carbons (Fsp3) is 0.900. The number of ether oxygens (including phenoxy) is 1. The van der Waals surface area contributed by atoms with Crippen LogP contribution in [0.2, 0.25) is 0 Å². The number of rotatable bonds is 8. The lowest BCUT2D eigenvalue weighted by Gasteiger charge is -2.10. The predicted molar refractivity (Wildman–Crippen MR) is 55.0 cm³/mol. The van der Waals surface area contributed by atoms with E-state index in [-0.39, 0.29) is 18.6 Å². The van der Waals surface area contributed by atoms with Crippen LogP contribution in [0.25, 0.3) is 0 Å². The molecule has 0 bridgehead atoms. The second-order valence-corrected chi connectivity index (χ2v) is 3.34. The van der Waals surface area contributed by atoms with Gasteiger partial charge in [-0.1, -0.05) is 12.8 Å². The Morgan fingerprint density at radius 1 is 1.36 bits per heavy atom. The third-order valence-electron chi connectivity index (χ3n) is 2.09. The highest BCUT2D eigenvalue weighted by Crippen LogP contribution is 1.98. The van der Waals surface area contributed by atoms with Crippen LogP contribution in [0.3, 0.4) is 0 Å². The van der Waals surface area contributed by atoms with Gasteiger partial charge in [0.25, 0.3) is 0 Å². The molecule has 0 saturated heterocycles. The molecule has 4 nitrogen and oxygen atoms in total. The van der Waals surface area contributed by atoms with Crippen LogP contribution in [0.15, 0.2) is 0 Å². The van der Waals surface area contributed by atoms with Crippen molar-refractivity contribution in [1.82, 2.24) is 5.32 Å². The maximum absolute atomic E-state index is 11.0. The van der Waals surface area contributed by atoms with Gasteiger partial charge in [-0.2, -0.15) is 0 Å². The summed E-state index contributed by atoms with van der Waals surface area (Å²) in [4.78, 5) is 11.0. The van der Waals surface area contributed by atoms with E-state index in [0.29, 0.717) is 0 Å². The van der Waals surface area contributed by atoms with Crippen LogP contribution >= 0.6 is 0 Å². The molecule has 0 aliphatic rings. The van der Waals surface area contributed by atoms with Gasteiger partial charge in [0.15, 0.2) is 0 Å². The molecule has 0 saturated carbocycles. The fourth-order valence-electron chi connectivity index (χ4n) is 1.17. The molecule has 0 rings (SSSR count). The second-order valence-electron chi connectivity index (χ2n) is 3.34. The zero-order chi connectivity index (χ0) is 10.8. The number of unbranched alkanes of at least 4 members (excludes halogenated alkanes) is 3. The lowest BCUT2D eigenvalue weighted by molar-refractivity contribution is -0.142. The smallest absolute Gasteiger partial charge is 0.322 e. The maximum Gasteiger partial charge on any atom is 0.322 e. The Morgan fingerprint density at radius 3 is 2.57 bits per heavy atom. The van der Waals surface area contributed by atoms with E-state index in [4.69, 9.17) is 5.11 Å². The zero-order valence-corrected chi connectivity index (χ0v) is 9.08. The fourth-order valence-corrected chi connectivity index (χ4v) is 1.17. The molecular weight excluding hydrogens is 182 g/mol. The summed E-state index contributed by atoms with van der Waals surface area (Å²) in [5, 5.41) is 11.6. The van der Waals surface area contributed by atoms with Crippen LogP contribution in [0.1, 0.15) is 32.6 Å². The van der Waals surface area contributed by atoms with Crippen molar-refractivity contribution in [3.05, 3.63) is 0 Å². The zero-order valence-electron chi connectivity index (χ0n) is 9.08. The normalized spacial score (nSPS) is 12.5. The minimum absolute atomic E-state index is 0.222. The number of carbonyl (C=O) groups is 1. The first-order chi connectivity index (χ1) is 6.72. The molecule has 14 heavy (non-hydrogen) atoms. The molecule has 1 unspecified atom stereocenters. The predicted octanol–water partition coefficient (Wildman–Crippen LogP) is 0.690. The van der Waals surface area contributed by atoms with Crippen LogP contribution in [0.4, 0.5) is 0 Å². The summed E-state index contributed by atoms with van der Waals surface area (Å²) < 4.78 is 4.57. The monoisotopic (exact) mass is 203 g/mol. The van der Waals surface area contributed by atoms with Crippen LogP contribution in [0.5, 0.6) is 0 Å². The van der Waals surface area contributed by atoms with Crippen LogP contribution in [-0.2, 0) is 9.53 Å². The first-order valence-corrected chi connectivity index (χ1v) is 5.14. The van der Waals surface area contributed by atoms with E-state index in [9.17, 15) is 4.79 Å².